The molecule has 0 radical (unpaired) electrons. The number of nitrogens with zero attached hydrogens (tertiary/aromatic N) is 4. The maximum Gasteiger partial charge on any atom is 0.241 e. The number of amides is 2. The molecule has 1 fully saturated rings. The van der Waals surface area contributed by atoms with Crippen LogP contribution in [0.3, 0.4) is 0 Å². The third-order valence-corrected chi connectivity index (χ3v) is 4.61. The molecule has 2 N–H and O–H groups in total. The Kier molecular flexibility index (Phi) is 5.70. The van der Waals surface area contributed by atoms with Crippen LogP contribution in [0.2, 0.25) is 0 Å². The van der Waals surface area contributed by atoms with Crippen molar-refractivity contribution in [3.63, 3.8) is 0 Å². The molecule has 2 amide bonds. The van der Waals surface area contributed by atoms with E-state index in [4.69, 9.17) is 0 Å². The van der Waals surface area contributed by atoms with Gasteiger partial charge < -0.3 is 10.6 Å². The molecule has 0 spiro atoms. The van der Waals surface area contributed by atoms with E-state index >= 15 is 0 Å². The lowest BCUT2D eigenvalue weighted by molar-refractivity contribution is -0.122. The van der Waals surface area contributed by atoms with Gasteiger partial charge in [0, 0.05) is 18.4 Å². The van der Waals surface area contributed by atoms with Crippen molar-refractivity contribution < 1.29 is 9.59 Å². The Morgan fingerprint density at radius 2 is 2.08 bits per heavy atom. The third kappa shape index (κ3) is 4.93. The number of carbonyl (C=O) groups excluding carboxylic acids is 2. The first kappa shape index (κ1) is 18.2. The minimum Gasteiger partial charge on any atom is -0.352 e. The minimum atomic E-state index is -0.233. The van der Waals surface area contributed by atoms with Gasteiger partial charge in [0.15, 0.2) is 0 Å². The highest BCUT2D eigenvalue weighted by atomic mass is 16.2. The van der Waals surface area contributed by atoms with Crippen molar-refractivity contribution in [1.82, 2.24) is 24.9 Å². The maximum absolute atomic E-state index is 12.3. The number of aromatic nitrogens is 4. The van der Waals surface area contributed by atoms with Crippen LogP contribution >= 0.6 is 0 Å². The second kappa shape index (κ2) is 8.16. The van der Waals surface area contributed by atoms with Crippen molar-refractivity contribution in [2.45, 2.75) is 58.7 Å². The highest BCUT2D eigenvalue weighted by Gasteiger charge is 2.18. The van der Waals surface area contributed by atoms with Crippen LogP contribution in [0.15, 0.2) is 24.7 Å². The number of aryl methyl sites for hydroxylation is 1. The molecule has 0 aromatic carbocycles. The van der Waals surface area contributed by atoms with Crippen molar-refractivity contribution in [2.24, 2.45) is 5.92 Å². The van der Waals surface area contributed by atoms with Crippen LogP contribution in [0.5, 0.6) is 0 Å². The average molecular weight is 358 g/mol. The predicted octanol–water partition coefficient (Wildman–Crippen LogP) is 1.72. The van der Waals surface area contributed by atoms with Gasteiger partial charge in [0.05, 0.1) is 30.0 Å². The molecule has 2 heterocycles. The Balaban J connectivity index is 1.47. The van der Waals surface area contributed by atoms with Gasteiger partial charge in [-0.2, -0.15) is 10.2 Å². The topological polar surface area (TPSA) is 93.8 Å². The zero-order valence-electron chi connectivity index (χ0n) is 15.3. The summed E-state index contributed by atoms with van der Waals surface area (Å²) >= 11 is 0. The molecule has 0 bridgehead atoms. The van der Waals surface area contributed by atoms with Gasteiger partial charge in [0.1, 0.15) is 6.54 Å². The molecule has 1 saturated carbocycles. The summed E-state index contributed by atoms with van der Waals surface area (Å²) in [4.78, 5) is 24.4. The summed E-state index contributed by atoms with van der Waals surface area (Å²) in [5.74, 6) is -0.378. The first-order chi connectivity index (χ1) is 12.5. The Labute approximate surface area is 152 Å². The molecule has 0 saturated heterocycles. The fourth-order valence-corrected chi connectivity index (χ4v) is 3.20. The molecule has 8 heteroatoms. The van der Waals surface area contributed by atoms with Crippen LogP contribution in [0.4, 0.5) is 5.69 Å². The van der Waals surface area contributed by atoms with E-state index in [1.165, 1.54) is 12.8 Å². The summed E-state index contributed by atoms with van der Waals surface area (Å²) < 4.78 is 3.30. The Morgan fingerprint density at radius 1 is 1.31 bits per heavy atom. The summed E-state index contributed by atoms with van der Waals surface area (Å²) in [5, 5.41) is 14.3. The summed E-state index contributed by atoms with van der Waals surface area (Å²) in [6, 6.07) is 2.20. The Bertz CT molecular complexity index is 759. The predicted molar refractivity (Wildman–Crippen MR) is 97.4 cm³/mol. The van der Waals surface area contributed by atoms with E-state index < -0.39 is 0 Å². The molecule has 1 aliphatic rings. The van der Waals surface area contributed by atoms with Gasteiger partial charge in [-0.1, -0.05) is 19.8 Å². The monoisotopic (exact) mass is 358 g/mol. The van der Waals surface area contributed by atoms with Gasteiger partial charge in [0.25, 0.3) is 0 Å². The zero-order chi connectivity index (χ0) is 18.5. The van der Waals surface area contributed by atoms with E-state index in [0.29, 0.717) is 18.3 Å². The van der Waals surface area contributed by atoms with Crippen LogP contribution in [0.1, 0.15) is 38.3 Å². The van der Waals surface area contributed by atoms with Crippen LogP contribution in [-0.2, 0) is 22.7 Å². The molecule has 26 heavy (non-hydrogen) atoms. The highest BCUT2D eigenvalue weighted by molar-refractivity contribution is 5.92. The second-order valence-electron chi connectivity index (χ2n) is 7.04. The van der Waals surface area contributed by atoms with Crippen molar-refractivity contribution in [1.29, 1.82) is 0 Å². The second-order valence-corrected chi connectivity index (χ2v) is 7.04. The molecule has 0 unspecified atom stereocenters. The molecule has 0 aliphatic heterocycles. The lowest BCUT2D eigenvalue weighted by atomic mass is 10.1. The van der Waals surface area contributed by atoms with Crippen molar-refractivity contribution in [2.75, 3.05) is 5.32 Å². The summed E-state index contributed by atoms with van der Waals surface area (Å²) in [6.45, 7) is 4.44. The van der Waals surface area contributed by atoms with Gasteiger partial charge >= 0.3 is 0 Å². The lowest BCUT2D eigenvalue weighted by Gasteiger charge is -2.12. The Hall–Kier alpha value is -2.64. The SMILES string of the molecule is Cc1ccn(C[C@H](C)C(=O)Nc2cnn(CC(=O)NC3CCCC3)c2)n1. The number of hydrogen-bond acceptors (Lipinski definition) is 4. The number of nitrogens with one attached hydrogen (secondary N) is 2. The number of hydrogen-bond donors (Lipinski definition) is 2. The highest BCUT2D eigenvalue weighted by Crippen LogP contribution is 2.17. The molecule has 2 aromatic rings. The molecule has 1 atom stereocenters. The maximum atomic E-state index is 12.3. The van der Waals surface area contributed by atoms with E-state index in [1.807, 2.05) is 26.1 Å². The van der Waals surface area contributed by atoms with Crippen LogP contribution in [-0.4, -0.2) is 37.4 Å². The molecule has 140 valence electrons. The number of anilines is 1. The summed E-state index contributed by atoms with van der Waals surface area (Å²) in [6.07, 6.45) is 9.57. The normalized spacial score (nSPS) is 15.8. The van der Waals surface area contributed by atoms with E-state index in [9.17, 15) is 9.59 Å². The molecule has 8 nitrogen and oxygen atoms in total. The van der Waals surface area contributed by atoms with Crippen molar-refractivity contribution in [3.8, 4) is 0 Å². The lowest BCUT2D eigenvalue weighted by Crippen LogP contribution is -2.35. The molecule has 2 aromatic heterocycles. The quantitative estimate of drug-likeness (QED) is 0.788. The molecule has 3 rings (SSSR count). The van der Waals surface area contributed by atoms with E-state index in [2.05, 4.69) is 20.8 Å². The summed E-state index contributed by atoms with van der Waals surface area (Å²) in [7, 11) is 0. The molecular formula is C18H26N6O2. The van der Waals surface area contributed by atoms with Gasteiger partial charge in [-0.15, -0.1) is 0 Å². The van der Waals surface area contributed by atoms with E-state index in [1.54, 1.807) is 21.8 Å². The van der Waals surface area contributed by atoms with Gasteiger partial charge in [-0.25, -0.2) is 0 Å². The molecule has 1 aliphatic carbocycles. The zero-order valence-corrected chi connectivity index (χ0v) is 15.3. The van der Waals surface area contributed by atoms with Crippen molar-refractivity contribution in [3.05, 3.63) is 30.4 Å². The first-order valence-corrected chi connectivity index (χ1v) is 9.12. The molecular weight excluding hydrogens is 332 g/mol. The first-order valence-electron chi connectivity index (χ1n) is 9.12. The van der Waals surface area contributed by atoms with Crippen LogP contribution in [0, 0.1) is 12.8 Å². The van der Waals surface area contributed by atoms with Crippen LogP contribution in [0.25, 0.3) is 0 Å². The Morgan fingerprint density at radius 3 is 2.77 bits per heavy atom. The van der Waals surface area contributed by atoms with Crippen LogP contribution < -0.4 is 10.6 Å². The summed E-state index contributed by atoms with van der Waals surface area (Å²) in [5.41, 5.74) is 1.52. The minimum absolute atomic E-state index is 0.0414. The smallest absolute Gasteiger partial charge is 0.241 e. The van der Waals surface area contributed by atoms with Gasteiger partial charge in [-0.05, 0) is 25.8 Å². The number of carbonyl (C=O) groups is 2. The average Bonchev–Trinajstić information content (AvgIpc) is 3.31. The fraction of sp³-hybridized carbons (Fsp3) is 0.556. The van der Waals surface area contributed by atoms with Gasteiger partial charge in [-0.3, -0.25) is 19.0 Å². The van der Waals surface area contributed by atoms with E-state index in [-0.39, 0.29) is 24.3 Å². The fourth-order valence-electron chi connectivity index (χ4n) is 3.20. The van der Waals surface area contributed by atoms with E-state index in [0.717, 1.165) is 18.5 Å². The van der Waals surface area contributed by atoms with Crippen molar-refractivity contribution >= 4 is 17.5 Å². The standard InChI is InChI=1S/C18H26N6O2/c1-13(10-23-8-7-14(2)22-23)18(26)21-16-9-19-24(11-16)12-17(25)20-15-5-3-4-6-15/h7-9,11,13,15H,3-6,10,12H2,1-2H3,(H,20,25)(H,21,26)/t13-/m0/s1. The van der Waals surface area contributed by atoms with Gasteiger partial charge in [0.2, 0.25) is 11.8 Å². The third-order valence-electron chi connectivity index (χ3n) is 4.61. The largest absolute Gasteiger partial charge is 0.352 e. The number of rotatable bonds is 7.